The first kappa shape index (κ1) is 11.8. The molecule has 0 fully saturated rings. The summed E-state index contributed by atoms with van der Waals surface area (Å²) in [4.78, 5) is 0. The zero-order valence-electron chi connectivity index (χ0n) is 10.8. The van der Waals surface area contributed by atoms with Gasteiger partial charge in [-0.2, -0.15) is 0 Å². The standard InChI is InChI=1S/C18H16N/c1-19-17(14-15-8-4-2-5-9-15)12-13-18(19)16-10-6-3-7-11-16/h2-13H,1,14H2. The Balaban J connectivity index is 1.92. The number of nitrogens with zero attached hydrogens (tertiary/aromatic N) is 1. The largest absolute Gasteiger partial charge is 0.342 e. The van der Waals surface area contributed by atoms with Gasteiger partial charge in [0.2, 0.25) is 0 Å². The maximum absolute atomic E-state index is 4.17. The lowest BCUT2D eigenvalue weighted by atomic mass is 10.1. The quantitative estimate of drug-likeness (QED) is 0.646. The second kappa shape index (κ2) is 5.15. The summed E-state index contributed by atoms with van der Waals surface area (Å²) >= 11 is 0. The van der Waals surface area contributed by atoms with Gasteiger partial charge in [-0.3, -0.25) is 0 Å². The first-order valence-electron chi connectivity index (χ1n) is 6.45. The third-order valence-corrected chi connectivity index (χ3v) is 3.37. The Morgan fingerprint density at radius 1 is 0.737 bits per heavy atom. The van der Waals surface area contributed by atoms with E-state index in [2.05, 4.69) is 67.7 Å². The topological polar surface area (TPSA) is 4.93 Å². The van der Waals surface area contributed by atoms with Crippen molar-refractivity contribution < 1.29 is 0 Å². The van der Waals surface area contributed by atoms with Gasteiger partial charge in [0.15, 0.2) is 0 Å². The van der Waals surface area contributed by atoms with E-state index >= 15 is 0 Å². The van der Waals surface area contributed by atoms with Gasteiger partial charge in [-0.25, -0.2) is 0 Å². The van der Waals surface area contributed by atoms with Crippen molar-refractivity contribution in [1.82, 2.24) is 4.57 Å². The van der Waals surface area contributed by atoms with Gasteiger partial charge in [-0.1, -0.05) is 60.7 Å². The molecule has 0 spiro atoms. The molecule has 3 rings (SSSR count). The van der Waals surface area contributed by atoms with E-state index in [-0.39, 0.29) is 0 Å². The first-order chi connectivity index (χ1) is 9.34. The predicted molar refractivity (Wildman–Crippen MR) is 79.9 cm³/mol. The zero-order valence-corrected chi connectivity index (χ0v) is 10.8. The fourth-order valence-electron chi connectivity index (χ4n) is 2.33. The van der Waals surface area contributed by atoms with Gasteiger partial charge in [0.05, 0.1) is 0 Å². The summed E-state index contributed by atoms with van der Waals surface area (Å²) in [5.41, 5.74) is 4.90. The van der Waals surface area contributed by atoms with Crippen LogP contribution in [0.25, 0.3) is 11.3 Å². The minimum atomic E-state index is 0.914. The first-order valence-corrected chi connectivity index (χ1v) is 6.45. The van der Waals surface area contributed by atoms with Gasteiger partial charge in [-0.15, -0.1) is 0 Å². The van der Waals surface area contributed by atoms with Crippen LogP contribution in [0.15, 0.2) is 72.8 Å². The highest BCUT2D eigenvalue weighted by Crippen LogP contribution is 2.23. The highest BCUT2D eigenvalue weighted by Gasteiger charge is 2.06. The molecule has 0 bridgehead atoms. The smallest absolute Gasteiger partial charge is 0.0483 e. The van der Waals surface area contributed by atoms with Gasteiger partial charge in [-0.05, 0) is 23.3 Å². The summed E-state index contributed by atoms with van der Waals surface area (Å²) in [7, 11) is 4.17. The molecule has 0 unspecified atom stereocenters. The minimum absolute atomic E-state index is 0.914. The van der Waals surface area contributed by atoms with Crippen molar-refractivity contribution in [2.45, 2.75) is 6.42 Å². The van der Waals surface area contributed by atoms with Crippen LogP contribution < -0.4 is 0 Å². The molecule has 93 valence electrons. The average molecular weight is 246 g/mol. The molecule has 0 saturated heterocycles. The summed E-state index contributed by atoms with van der Waals surface area (Å²) in [5.74, 6) is 0. The lowest BCUT2D eigenvalue weighted by Gasteiger charge is -2.08. The molecule has 1 aromatic heterocycles. The average Bonchev–Trinajstić information content (AvgIpc) is 2.82. The SMILES string of the molecule is [CH2]n1c(Cc2ccccc2)ccc1-c1ccccc1. The maximum atomic E-state index is 4.17. The fraction of sp³-hybridized carbons (Fsp3) is 0.0556. The van der Waals surface area contributed by atoms with E-state index in [4.69, 9.17) is 0 Å². The summed E-state index contributed by atoms with van der Waals surface area (Å²) in [6.45, 7) is 0. The van der Waals surface area contributed by atoms with E-state index in [1.165, 1.54) is 16.8 Å². The van der Waals surface area contributed by atoms with Crippen LogP contribution in [-0.2, 0) is 6.42 Å². The number of hydrogen-bond acceptors (Lipinski definition) is 0. The Morgan fingerprint density at radius 3 is 2.05 bits per heavy atom. The van der Waals surface area contributed by atoms with Crippen molar-refractivity contribution in [2.24, 2.45) is 0 Å². The Bertz CT molecular complexity index is 651. The number of aromatic nitrogens is 1. The molecule has 0 saturated carbocycles. The molecule has 0 atom stereocenters. The molecule has 19 heavy (non-hydrogen) atoms. The van der Waals surface area contributed by atoms with Crippen molar-refractivity contribution >= 4 is 0 Å². The van der Waals surface area contributed by atoms with Crippen LogP contribution >= 0.6 is 0 Å². The molecule has 1 nitrogen and oxygen atoms in total. The zero-order chi connectivity index (χ0) is 13.1. The summed E-state index contributed by atoms with van der Waals surface area (Å²) < 4.78 is 2.03. The molecular formula is C18H16N. The van der Waals surface area contributed by atoms with E-state index in [1.807, 2.05) is 16.7 Å². The van der Waals surface area contributed by atoms with Crippen molar-refractivity contribution in [3.05, 3.63) is 91.1 Å². The van der Waals surface area contributed by atoms with Crippen molar-refractivity contribution in [3.8, 4) is 11.3 Å². The van der Waals surface area contributed by atoms with Gasteiger partial charge in [0, 0.05) is 24.9 Å². The Morgan fingerprint density at radius 2 is 1.37 bits per heavy atom. The lowest BCUT2D eigenvalue weighted by molar-refractivity contribution is 0.965. The molecule has 1 heteroatoms. The van der Waals surface area contributed by atoms with Crippen LogP contribution in [0.2, 0.25) is 0 Å². The van der Waals surface area contributed by atoms with Crippen LogP contribution in [0.5, 0.6) is 0 Å². The monoisotopic (exact) mass is 246 g/mol. The normalized spacial score (nSPS) is 10.6. The highest BCUT2D eigenvalue weighted by molar-refractivity contribution is 5.61. The van der Waals surface area contributed by atoms with Gasteiger partial charge in [0.25, 0.3) is 0 Å². The third-order valence-electron chi connectivity index (χ3n) is 3.37. The number of rotatable bonds is 3. The van der Waals surface area contributed by atoms with Gasteiger partial charge in [0.1, 0.15) is 0 Å². The number of benzene rings is 2. The molecule has 3 aromatic rings. The molecule has 1 heterocycles. The van der Waals surface area contributed by atoms with Crippen LogP contribution in [0.4, 0.5) is 0 Å². The molecule has 1 radical (unpaired) electrons. The lowest BCUT2D eigenvalue weighted by Crippen LogP contribution is -1.97. The third kappa shape index (κ3) is 2.45. The van der Waals surface area contributed by atoms with E-state index < -0.39 is 0 Å². The minimum Gasteiger partial charge on any atom is -0.342 e. The second-order valence-corrected chi connectivity index (χ2v) is 4.67. The highest BCUT2D eigenvalue weighted by atomic mass is 15.0. The predicted octanol–water partition coefficient (Wildman–Crippen LogP) is 4.39. The maximum Gasteiger partial charge on any atom is 0.0483 e. The molecule has 0 aliphatic rings. The van der Waals surface area contributed by atoms with Gasteiger partial charge < -0.3 is 4.57 Å². The van der Waals surface area contributed by atoms with Crippen molar-refractivity contribution in [1.29, 1.82) is 0 Å². The van der Waals surface area contributed by atoms with Crippen LogP contribution in [0.3, 0.4) is 0 Å². The molecule has 0 N–H and O–H groups in total. The van der Waals surface area contributed by atoms with Crippen LogP contribution in [-0.4, -0.2) is 4.57 Å². The van der Waals surface area contributed by atoms with Crippen LogP contribution in [0.1, 0.15) is 11.3 Å². The van der Waals surface area contributed by atoms with Crippen LogP contribution in [0, 0.1) is 7.05 Å². The Labute approximate surface area is 114 Å². The van der Waals surface area contributed by atoms with Gasteiger partial charge >= 0.3 is 0 Å². The fourth-order valence-corrected chi connectivity index (χ4v) is 2.33. The Hall–Kier alpha value is -2.28. The van der Waals surface area contributed by atoms with Crippen molar-refractivity contribution in [2.75, 3.05) is 0 Å². The van der Waals surface area contributed by atoms with E-state index in [9.17, 15) is 0 Å². The molecule has 0 aliphatic heterocycles. The second-order valence-electron chi connectivity index (χ2n) is 4.67. The summed E-state index contributed by atoms with van der Waals surface area (Å²) in [6, 6.07) is 25.2. The van der Waals surface area contributed by atoms with E-state index in [1.54, 1.807) is 0 Å². The molecular weight excluding hydrogens is 230 g/mol. The summed E-state index contributed by atoms with van der Waals surface area (Å²) in [6.07, 6.45) is 0.914. The molecule has 0 aliphatic carbocycles. The van der Waals surface area contributed by atoms with Crippen molar-refractivity contribution in [3.63, 3.8) is 0 Å². The van der Waals surface area contributed by atoms with E-state index in [0.29, 0.717) is 0 Å². The molecule has 2 aromatic carbocycles. The number of hydrogen-bond donors (Lipinski definition) is 0. The Kier molecular flexibility index (Phi) is 3.20. The molecule has 0 amide bonds. The van der Waals surface area contributed by atoms with E-state index in [0.717, 1.165) is 12.1 Å². The summed E-state index contributed by atoms with van der Waals surface area (Å²) in [5, 5.41) is 0.